The van der Waals surface area contributed by atoms with Crippen molar-refractivity contribution in [3.05, 3.63) is 47.5 Å². The number of nitrogens with one attached hydrogen (secondary N) is 1. The molecule has 0 aromatic heterocycles. The zero-order valence-electron chi connectivity index (χ0n) is 11.9. The molecule has 2 aromatic rings. The van der Waals surface area contributed by atoms with Crippen LogP contribution in [0.25, 0.3) is 0 Å². The molecule has 0 saturated carbocycles. The van der Waals surface area contributed by atoms with E-state index in [9.17, 15) is 5.11 Å². The fraction of sp³-hybridized carbons (Fsp3) is 0.250. The Kier molecular flexibility index (Phi) is 4.35. The summed E-state index contributed by atoms with van der Waals surface area (Å²) in [6.45, 7) is 2.52. The molecule has 0 unspecified atom stereocenters. The van der Waals surface area contributed by atoms with Gasteiger partial charge in [0.15, 0.2) is 0 Å². The number of hydrogen-bond donors (Lipinski definition) is 2. The predicted molar refractivity (Wildman–Crippen MR) is 79.7 cm³/mol. The van der Waals surface area contributed by atoms with Crippen molar-refractivity contribution in [2.24, 2.45) is 0 Å². The molecule has 0 aliphatic carbocycles. The summed E-state index contributed by atoms with van der Waals surface area (Å²) in [5.41, 5.74) is 2.82. The summed E-state index contributed by atoms with van der Waals surface area (Å²) in [4.78, 5) is 0. The summed E-state index contributed by atoms with van der Waals surface area (Å²) in [5, 5.41) is 13.1. The number of anilines is 1. The van der Waals surface area contributed by atoms with Crippen LogP contribution < -0.4 is 14.8 Å². The van der Waals surface area contributed by atoms with E-state index in [1.54, 1.807) is 20.3 Å². The Balaban J connectivity index is 2.16. The minimum Gasteiger partial charge on any atom is -0.508 e. The van der Waals surface area contributed by atoms with Gasteiger partial charge in [0.1, 0.15) is 17.2 Å². The Morgan fingerprint density at radius 1 is 1.05 bits per heavy atom. The molecular formula is C16H19NO3. The van der Waals surface area contributed by atoms with E-state index in [1.165, 1.54) is 0 Å². The number of methoxy groups -OCH3 is 2. The molecule has 0 aliphatic heterocycles. The fourth-order valence-corrected chi connectivity index (χ4v) is 1.99. The molecule has 0 fully saturated rings. The minimum atomic E-state index is 0.288. The number of rotatable bonds is 5. The van der Waals surface area contributed by atoms with E-state index in [4.69, 9.17) is 9.47 Å². The average Bonchev–Trinajstić information content (AvgIpc) is 2.48. The van der Waals surface area contributed by atoms with E-state index >= 15 is 0 Å². The number of phenols is 1. The summed E-state index contributed by atoms with van der Waals surface area (Å²) < 4.78 is 10.5. The third-order valence-corrected chi connectivity index (χ3v) is 3.11. The molecule has 0 radical (unpaired) electrons. The zero-order valence-corrected chi connectivity index (χ0v) is 11.9. The molecule has 4 heteroatoms. The topological polar surface area (TPSA) is 50.7 Å². The maximum atomic E-state index is 9.83. The third-order valence-electron chi connectivity index (χ3n) is 3.11. The fourth-order valence-electron chi connectivity index (χ4n) is 1.99. The first-order chi connectivity index (χ1) is 9.63. The molecule has 0 aliphatic rings. The summed E-state index contributed by atoms with van der Waals surface area (Å²) in [5.74, 6) is 1.73. The first kappa shape index (κ1) is 14.1. The summed E-state index contributed by atoms with van der Waals surface area (Å²) in [6.07, 6.45) is 0. The first-order valence-electron chi connectivity index (χ1n) is 6.38. The molecule has 0 spiro atoms. The second kappa shape index (κ2) is 6.19. The molecule has 0 saturated heterocycles. The van der Waals surface area contributed by atoms with E-state index in [2.05, 4.69) is 5.32 Å². The van der Waals surface area contributed by atoms with Gasteiger partial charge in [-0.05, 0) is 25.1 Å². The molecule has 4 nitrogen and oxygen atoms in total. The summed E-state index contributed by atoms with van der Waals surface area (Å²) >= 11 is 0. The van der Waals surface area contributed by atoms with Gasteiger partial charge in [-0.3, -0.25) is 0 Å². The van der Waals surface area contributed by atoms with Crippen LogP contribution in [0, 0.1) is 6.92 Å². The highest BCUT2D eigenvalue weighted by atomic mass is 16.5. The number of ether oxygens (including phenoxy) is 2. The van der Waals surface area contributed by atoms with Gasteiger partial charge < -0.3 is 19.9 Å². The molecule has 0 atom stereocenters. The van der Waals surface area contributed by atoms with Crippen LogP contribution in [0.4, 0.5) is 5.69 Å². The number of aryl methyl sites for hydroxylation is 1. The van der Waals surface area contributed by atoms with Crippen molar-refractivity contribution in [3.8, 4) is 17.2 Å². The van der Waals surface area contributed by atoms with E-state index < -0.39 is 0 Å². The molecule has 2 rings (SSSR count). The lowest BCUT2D eigenvalue weighted by Crippen LogP contribution is -2.02. The van der Waals surface area contributed by atoms with Gasteiger partial charge in [-0.1, -0.05) is 17.7 Å². The molecule has 0 amide bonds. The van der Waals surface area contributed by atoms with Crippen LogP contribution >= 0.6 is 0 Å². The van der Waals surface area contributed by atoms with Gasteiger partial charge in [0, 0.05) is 18.2 Å². The van der Waals surface area contributed by atoms with E-state index in [0.717, 1.165) is 22.6 Å². The first-order valence-corrected chi connectivity index (χ1v) is 6.38. The van der Waals surface area contributed by atoms with Crippen LogP contribution in [-0.2, 0) is 6.54 Å². The predicted octanol–water partition coefficient (Wildman–Crippen LogP) is 3.33. The lowest BCUT2D eigenvalue weighted by Gasteiger charge is -2.13. The number of aromatic hydroxyl groups is 1. The molecule has 2 N–H and O–H groups in total. The second-order valence-electron chi connectivity index (χ2n) is 4.55. The van der Waals surface area contributed by atoms with Gasteiger partial charge >= 0.3 is 0 Å². The van der Waals surface area contributed by atoms with Crippen LogP contribution in [0.5, 0.6) is 17.2 Å². The Bertz CT molecular complexity index is 596. The van der Waals surface area contributed by atoms with Crippen molar-refractivity contribution in [3.63, 3.8) is 0 Å². The zero-order chi connectivity index (χ0) is 14.5. The standard InChI is InChI=1S/C16H19NO3/c1-11-4-7-15(18)12(8-11)10-17-14-6-5-13(19-2)9-16(14)20-3/h4-9,17-18H,10H2,1-3H3. The van der Waals surface area contributed by atoms with Crippen molar-refractivity contribution in [2.45, 2.75) is 13.5 Å². The largest absolute Gasteiger partial charge is 0.508 e. The number of phenolic OH excluding ortho intramolecular Hbond substituents is 1. The van der Waals surface area contributed by atoms with Crippen molar-refractivity contribution in [2.75, 3.05) is 19.5 Å². The van der Waals surface area contributed by atoms with Gasteiger partial charge in [-0.15, -0.1) is 0 Å². The van der Waals surface area contributed by atoms with Gasteiger partial charge in [0.25, 0.3) is 0 Å². The molecule has 20 heavy (non-hydrogen) atoms. The number of hydrogen-bond acceptors (Lipinski definition) is 4. The molecule has 2 aromatic carbocycles. The highest BCUT2D eigenvalue weighted by Gasteiger charge is 2.06. The van der Waals surface area contributed by atoms with Crippen molar-refractivity contribution < 1.29 is 14.6 Å². The van der Waals surface area contributed by atoms with Crippen molar-refractivity contribution in [1.29, 1.82) is 0 Å². The van der Waals surface area contributed by atoms with E-state index in [-0.39, 0.29) is 5.75 Å². The normalized spacial score (nSPS) is 10.2. The number of benzene rings is 2. The molecule has 0 heterocycles. The lowest BCUT2D eigenvalue weighted by molar-refractivity contribution is 0.395. The summed E-state index contributed by atoms with van der Waals surface area (Å²) in [7, 11) is 3.23. The SMILES string of the molecule is COc1ccc(NCc2cc(C)ccc2O)c(OC)c1. The highest BCUT2D eigenvalue weighted by Crippen LogP contribution is 2.30. The van der Waals surface area contributed by atoms with Gasteiger partial charge in [0.05, 0.1) is 19.9 Å². The average molecular weight is 273 g/mol. The molecular weight excluding hydrogens is 254 g/mol. The van der Waals surface area contributed by atoms with Gasteiger partial charge in [0.2, 0.25) is 0 Å². The van der Waals surface area contributed by atoms with Crippen LogP contribution in [0.3, 0.4) is 0 Å². The third kappa shape index (κ3) is 3.15. The Morgan fingerprint density at radius 3 is 2.55 bits per heavy atom. The van der Waals surface area contributed by atoms with Crippen LogP contribution in [0.15, 0.2) is 36.4 Å². The maximum absolute atomic E-state index is 9.83. The smallest absolute Gasteiger partial charge is 0.145 e. The van der Waals surface area contributed by atoms with Gasteiger partial charge in [-0.2, -0.15) is 0 Å². The second-order valence-corrected chi connectivity index (χ2v) is 4.55. The molecule has 106 valence electrons. The maximum Gasteiger partial charge on any atom is 0.145 e. The Hall–Kier alpha value is -2.36. The lowest BCUT2D eigenvalue weighted by atomic mass is 10.1. The van der Waals surface area contributed by atoms with Crippen LogP contribution in [0.2, 0.25) is 0 Å². The minimum absolute atomic E-state index is 0.288. The Morgan fingerprint density at radius 2 is 1.85 bits per heavy atom. The van der Waals surface area contributed by atoms with Crippen molar-refractivity contribution >= 4 is 5.69 Å². The van der Waals surface area contributed by atoms with Crippen LogP contribution in [-0.4, -0.2) is 19.3 Å². The summed E-state index contributed by atoms with van der Waals surface area (Å²) in [6, 6.07) is 11.1. The van der Waals surface area contributed by atoms with E-state index in [0.29, 0.717) is 12.3 Å². The monoisotopic (exact) mass is 273 g/mol. The van der Waals surface area contributed by atoms with Gasteiger partial charge in [-0.25, -0.2) is 0 Å². The molecule has 0 bridgehead atoms. The van der Waals surface area contributed by atoms with Crippen molar-refractivity contribution in [1.82, 2.24) is 0 Å². The quantitative estimate of drug-likeness (QED) is 0.877. The Labute approximate surface area is 119 Å². The van der Waals surface area contributed by atoms with Crippen LogP contribution in [0.1, 0.15) is 11.1 Å². The highest BCUT2D eigenvalue weighted by molar-refractivity contribution is 5.59. The van der Waals surface area contributed by atoms with E-state index in [1.807, 2.05) is 37.3 Å².